The van der Waals surface area contributed by atoms with Crippen molar-refractivity contribution in [3.8, 4) is 0 Å². The van der Waals surface area contributed by atoms with E-state index in [0.29, 0.717) is 38.6 Å². The van der Waals surface area contributed by atoms with E-state index >= 15 is 0 Å². The minimum absolute atomic E-state index is 0.0432. The van der Waals surface area contributed by atoms with E-state index in [4.69, 9.17) is 15.4 Å². The van der Waals surface area contributed by atoms with Crippen molar-refractivity contribution in [2.75, 3.05) is 19.8 Å². The summed E-state index contributed by atoms with van der Waals surface area (Å²) in [6.45, 7) is 1.61. The van der Waals surface area contributed by atoms with Gasteiger partial charge in [0.15, 0.2) is 0 Å². The third kappa shape index (κ3) is 2.69. The molecule has 1 aliphatic carbocycles. The first-order chi connectivity index (χ1) is 8.18. The van der Waals surface area contributed by atoms with E-state index < -0.39 is 12.0 Å². The van der Waals surface area contributed by atoms with Gasteiger partial charge in [0, 0.05) is 29.5 Å². The van der Waals surface area contributed by atoms with E-state index in [2.05, 4.69) is 15.3 Å². The van der Waals surface area contributed by atoms with Crippen LogP contribution in [0.25, 0.3) is 10.4 Å². The molecule has 0 aromatic heterocycles. The molecule has 0 spiro atoms. The van der Waals surface area contributed by atoms with Crippen molar-refractivity contribution >= 4 is 5.97 Å². The number of rotatable bonds is 7. The molecule has 7 heteroatoms. The maximum atomic E-state index is 10.8. The molecule has 1 saturated heterocycles. The molecule has 17 heavy (non-hydrogen) atoms. The summed E-state index contributed by atoms with van der Waals surface area (Å²) in [4.78, 5) is 13.5. The van der Waals surface area contributed by atoms with Crippen LogP contribution in [0.3, 0.4) is 0 Å². The quantitative estimate of drug-likeness (QED) is 0.298. The second-order valence-electron chi connectivity index (χ2n) is 4.74. The molecule has 1 heterocycles. The number of ether oxygens (including phenoxy) is 1. The number of hydrogen-bond donors (Lipinski definition) is 2. The monoisotopic (exact) mass is 240 g/mol. The zero-order valence-electron chi connectivity index (χ0n) is 9.50. The van der Waals surface area contributed by atoms with Crippen LogP contribution >= 0.6 is 0 Å². The van der Waals surface area contributed by atoms with Crippen LogP contribution in [0.5, 0.6) is 0 Å². The lowest BCUT2D eigenvalue weighted by molar-refractivity contribution is -0.139. The summed E-state index contributed by atoms with van der Waals surface area (Å²) < 4.78 is 5.52. The number of fused-ring (bicyclic) bond motifs is 1. The summed E-state index contributed by atoms with van der Waals surface area (Å²) >= 11 is 0. The lowest BCUT2D eigenvalue weighted by Crippen LogP contribution is -2.33. The largest absolute Gasteiger partial charge is 0.480 e. The van der Waals surface area contributed by atoms with Crippen LogP contribution in [0.4, 0.5) is 0 Å². The summed E-state index contributed by atoms with van der Waals surface area (Å²) in [5.41, 5.74) is 8.12. The van der Waals surface area contributed by atoms with E-state index in [1.807, 2.05) is 0 Å². The number of nitrogens with one attached hydrogen (secondary N) is 1. The molecule has 0 aromatic carbocycles. The Labute approximate surface area is 98.8 Å². The van der Waals surface area contributed by atoms with Crippen molar-refractivity contribution in [1.82, 2.24) is 5.32 Å². The number of nitrogens with zero attached hydrogens (tertiary/aromatic N) is 3. The Hall–Kier alpha value is -1.30. The van der Waals surface area contributed by atoms with Gasteiger partial charge < -0.3 is 15.2 Å². The van der Waals surface area contributed by atoms with Crippen LogP contribution in [-0.4, -0.2) is 42.9 Å². The van der Waals surface area contributed by atoms with Gasteiger partial charge in [0.2, 0.25) is 0 Å². The molecular formula is C10H16N4O3. The molecule has 2 fully saturated rings. The van der Waals surface area contributed by atoms with Crippen molar-refractivity contribution in [3.63, 3.8) is 0 Å². The Morgan fingerprint density at radius 3 is 3.12 bits per heavy atom. The average Bonchev–Trinajstić information content (AvgIpc) is 2.85. The molecule has 0 aromatic rings. The van der Waals surface area contributed by atoms with Gasteiger partial charge in [-0.1, -0.05) is 5.11 Å². The highest BCUT2D eigenvalue weighted by atomic mass is 16.5. The number of carboxylic acid groups (broad SMARTS) is 1. The standard InChI is InChI=1S/C10H16N4O3/c11-14-12-2-1-3-17-6-10-4-7(9(15)16)13-8(10)5-10/h7-8,13H,1-6H2,(H,15,16)/t7-,8-,10+/m0/s1. The summed E-state index contributed by atoms with van der Waals surface area (Å²) in [7, 11) is 0. The number of hydrogen-bond acceptors (Lipinski definition) is 4. The predicted octanol–water partition coefficient (Wildman–Crippen LogP) is 0.909. The lowest BCUT2D eigenvalue weighted by Gasteiger charge is -2.13. The zero-order valence-corrected chi connectivity index (χ0v) is 9.50. The van der Waals surface area contributed by atoms with Crippen molar-refractivity contribution in [1.29, 1.82) is 0 Å². The van der Waals surface area contributed by atoms with Gasteiger partial charge >= 0.3 is 5.97 Å². The van der Waals surface area contributed by atoms with E-state index in [1.165, 1.54) is 0 Å². The van der Waals surface area contributed by atoms with Crippen LogP contribution in [0.2, 0.25) is 0 Å². The Morgan fingerprint density at radius 2 is 2.47 bits per heavy atom. The third-order valence-electron chi connectivity index (χ3n) is 3.50. The summed E-state index contributed by atoms with van der Waals surface area (Å²) in [5, 5.41) is 15.4. The SMILES string of the molecule is [N-]=[N+]=NCCCOC[C@]12C[C@@H](C(=O)O)N[C@H]1C2. The third-order valence-corrected chi connectivity index (χ3v) is 3.50. The predicted molar refractivity (Wildman–Crippen MR) is 59.5 cm³/mol. The molecule has 0 amide bonds. The second-order valence-corrected chi connectivity index (χ2v) is 4.74. The first kappa shape index (κ1) is 12.2. The fourth-order valence-corrected chi connectivity index (χ4v) is 2.45. The van der Waals surface area contributed by atoms with Gasteiger partial charge in [0.1, 0.15) is 6.04 Å². The molecule has 3 atom stereocenters. The molecule has 0 radical (unpaired) electrons. The molecule has 1 saturated carbocycles. The van der Waals surface area contributed by atoms with Gasteiger partial charge in [0.05, 0.1) is 6.61 Å². The van der Waals surface area contributed by atoms with Gasteiger partial charge in [-0.2, -0.15) is 0 Å². The minimum atomic E-state index is -0.778. The van der Waals surface area contributed by atoms with Crippen molar-refractivity contribution in [3.05, 3.63) is 10.4 Å². The van der Waals surface area contributed by atoms with Gasteiger partial charge in [0.25, 0.3) is 0 Å². The highest BCUT2D eigenvalue weighted by molar-refractivity contribution is 5.74. The molecule has 2 aliphatic rings. The average molecular weight is 240 g/mol. The minimum Gasteiger partial charge on any atom is -0.480 e. The van der Waals surface area contributed by atoms with Gasteiger partial charge in [-0.15, -0.1) is 0 Å². The van der Waals surface area contributed by atoms with Crippen molar-refractivity contribution in [2.45, 2.75) is 31.3 Å². The highest BCUT2D eigenvalue weighted by Gasteiger charge is 2.61. The first-order valence-corrected chi connectivity index (χ1v) is 5.75. The fraction of sp³-hybridized carbons (Fsp3) is 0.900. The van der Waals surface area contributed by atoms with Gasteiger partial charge in [-0.05, 0) is 24.8 Å². The molecule has 2 rings (SSSR count). The number of azide groups is 1. The van der Waals surface area contributed by atoms with E-state index in [0.717, 1.165) is 6.42 Å². The van der Waals surface area contributed by atoms with Crippen LogP contribution < -0.4 is 5.32 Å². The van der Waals surface area contributed by atoms with Gasteiger partial charge in [-0.3, -0.25) is 4.79 Å². The van der Waals surface area contributed by atoms with Crippen LogP contribution in [0, 0.1) is 5.41 Å². The topological polar surface area (TPSA) is 107 Å². The lowest BCUT2D eigenvalue weighted by atomic mass is 10.0. The molecule has 2 N–H and O–H groups in total. The molecule has 94 valence electrons. The Balaban J connectivity index is 1.64. The normalized spacial score (nSPS) is 33.9. The van der Waals surface area contributed by atoms with Crippen LogP contribution in [-0.2, 0) is 9.53 Å². The second kappa shape index (κ2) is 4.91. The molecule has 0 unspecified atom stereocenters. The molecule has 7 nitrogen and oxygen atoms in total. The number of carboxylic acids is 1. The van der Waals surface area contributed by atoms with Crippen molar-refractivity contribution in [2.24, 2.45) is 10.5 Å². The number of aliphatic carboxylic acids is 1. The van der Waals surface area contributed by atoms with E-state index in [1.54, 1.807) is 0 Å². The highest BCUT2D eigenvalue weighted by Crippen LogP contribution is 2.54. The Morgan fingerprint density at radius 1 is 1.65 bits per heavy atom. The Kier molecular flexibility index (Phi) is 3.51. The van der Waals surface area contributed by atoms with Crippen molar-refractivity contribution < 1.29 is 14.6 Å². The summed E-state index contributed by atoms with van der Waals surface area (Å²) in [5.74, 6) is -0.778. The van der Waals surface area contributed by atoms with Crippen LogP contribution in [0.1, 0.15) is 19.3 Å². The molecule has 1 aliphatic heterocycles. The first-order valence-electron chi connectivity index (χ1n) is 5.75. The van der Waals surface area contributed by atoms with E-state index in [-0.39, 0.29) is 5.41 Å². The van der Waals surface area contributed by atoms with Gasteiger partial charge in [-0.25, -0.2) is 0 Å². The molecule has 0 bridgehead atoms. The zero-order chi connectivity index (χ0) is 12.3. The number of carbonyl (C=O) groups is 1. The fourth-order valence-electron chi connectivity index (χ4n) is 2.45. The smallest absolute Gasteiger partial charge is 0.320 e. The maximum Gasteiger partial charge on any atom is 0.320 e. The molecular weight excluding hydrogens is 224 g/mol. The summed E-state index contributed by atoms with van der Waals surface area (Å²) in [6.07, 6.45) is 2.37. The maximum absolute atomic E-state index is 10.8. The summed E-state index contributed by atoms with van der Waals surface area (Å²) in [6, 6.07) is -0.110. The number of piperidine rings is 1. The van der Waals surface area contributed by atoms with Crippen LogP contribution in [0.15, 0.2) is 5.11 Å². The Bertz CT molecular complexity index is 355. The van der Waals surface area contributed by atoms with E-state index in [9.17, 15) is 4.79 Å².